The molecule has 2 heterocycles. The van der Waals surface area contributed by atoms with Crippen molar-refractivity contribution in [1.29, 1.82) is 0 Å². The fourth-order valence-electron chi connectivity index (χ4n) is 3.52. The molecular weight excluding hydrogens is 356 g/mol. The van der Waals surface area contributed by atoms with Crippen molar-refractivity contribution in [1.82, 2.24) is 10.3 Å². The molecule has 0 unspecified atom stereocenters. The smallest absolute Gasteiger partial charge is 0.0481 e. The van der Waals surface area contributed by atoms with E-state index in [0.717, 1.165) is 4.47 Å². The molecule has 4 heteroatoms. The lowest BCUT2D eigenvalue weighted by atomic mass is 9.91. The Hall–Kier alpha value is -1.10. The first kappa shape index (κ1) is 14.5. The zero-order valence-electron chi connectivity index (χ0n) is 12.5. The van der Waals surface area contributed by atoms with Crippen LogP contribution in [0.25, 0.3) is 10.9 Å². The number of nitrogens with one attached hydrogen (secondary N) is 2. The number of H-pyrrole nitrogens is 1. The third-order valence-electron chi connectivity index (χ3n) is 4.59. The number of fused-ring (bicyclic) bond motifs is 3. The lowest BCUT2D eigenvalue weighted by Gasteiger charge is -2.27. The van der Waals surface area contributed by atoms with Gasteiger partial charge in [0.25, 0.3) is 0 Å². The van der Waals surface area contributed by atoms with Crippen molar-refractivity contribution in [2.75, 3.05) is 0 Å². The average molecular weight is 375 g/mol. The van der Waals surface area contributed by atoms with Gasteiger partial charge in [-0.15, -0.1) is 11.3 Å². The van der Waals surface area contributed by atoms with Crippen LogP contribution in [0.2, 0.25) is 0 Å². The first-order chi connectivity index (χ1) is 10.7. The standard InChI is InChI=1S/C18H19BrN2S/c1-11(17-6-3-9-22-17)20-16-5-2-4-13-14-10-12(19)7-8-15(14)21-18(13)16/h3,6-11,16,20-21H,2,4-5H2,1H3/t11-,16-/m1/s1. The van der Waals surface area contributed by atoms with Gasteiger partial charge in [-0.25, -0.2) is 0 Å². The Kier molecular flexibility index (Phi) is 3.84. The van der Waals surface area contributed by atoms with Gasteiger partial charge in [-0.3, -0.25) is 0 Å². The lowest BCUT2D eigenvalue weighted by molar-refractivity contribution is 0.413. The molecule has 0 fully saturated rings. The Labute approximate surface area is 143 Å². The molecule has 0 radical (unpaired) electrons. The Bertz CT molecular complexity index is 791. The molecule has 3 aromatic rings. The number of hydrogen-bond donors (Lipinski definition) is 2. The predicted octanol–water partition coefficient (Wildman–Crippen LogP) is 5.72. The monoisotopic (exact) mass is 374 g/mol. The fourth-order valence-corrected chi connectivity index (χ4v) is 4.63. The highest BCUT2D eigenvalue weighted by Gasteiger charge is 2.25. The second kappa shape index (κ2) is 5.84. The van der Waals surface area contributed by atoms with E-state index < -0.39 is 0 Å². The van der Waals surface area contributed by atoms with Crippen LogP contribution in [0.3, 0.4) is 0 Å². The molecule has 0 saturated heterocycles. The van der Waals surface area contributed by atoms with Crippen LogP contribution >= 0.6 is 27.3 Å². The van der Waals surface area contributed by atoms with Gasteiger partial charge in [0.05, 0.1) is 0 Å². The summed E-state index contributed by atoms with van der Waals surface area (Å²) in [5, 5.41) is 7.35. The van der Waals surface area contributed by atoms with Crippen LogP contribution < -0.4 is 5.32 Å². The number of hydrogen-bond acceptors (Lipinski definition) is 2. The summed E-state index contributed by atoms with van der Waals surface area (Å²) in [6, 6.07) is 11.7. The number of aryl methyl sites for hydroxylation is 1. The van der Waals surface area contributed by atoms with Gasteiger partial charge in [0.15, 0.2) is 0 Å². The summed E-state index contributed by atoms with van der Waals surface area (Å²) < 4.78 is 1.16. The summed E-state index contributed by atoms with van der Waals surface area (Å²) in [4.78, 5) is 5.07. The van der Waals surface area contributed by atoms with Crippen LogP contribution in [0.15, 0.2) is 40.2 Å². The van der Waals surface area contributed by atoms with E-state index in [1.807, 2.05) is 11.3 Å². The topological polar surface area (TPSA) is 27.8 Å². The number of rotatable bonds is 3. The quantitative estimate of drug-likeness (QED) is 0.602. The Balaban J connectivity index is 1.68. The summed E-state index contributed by atoms with van der Waals surface area (Å²) in [5.41, 5.74) is 4.15. The van der Waals surface area contributed by atoms with Crippen LogP contribution in [0, 0.1) is 0 Å². The van der Waals surface area contributed by atoms with E-state index in [-0.39, 0.29) is 0 Å². The van der Waals surface area contributed by atoms with E-state index in [4.69, 9.17) is 0 Å². The van der Waals surface area contributed by atoms with Crippen molar-refractivity contribution in [3.05, 3.63) is 56.3 Å². The Morgan fingerprint density at radius 1 is 1.36 bits per heavy atom. The second-order valence-electron chi connectivity index (χ2n) is 6.06. The van der Waals surface area contributed by atoms with Crippen LogP contribution in [0.1, 0.15) is 48.0 Å². The van der Waals surface area contributed by atoms with Gasteiger partial charge in [-0.05, 0) is 61.4 Å². The van der Waals surface area contributed by atoms with Crippen molar-refractivity contribution < 1.29 is 0 Å². The molecule has 2 aromatic heterocycles. The first-order valence-electron chi connectivity index (χ1n) is 7.82. The van der Waals surface area contributed by atoms with Crippen LogP contribution in [-0.4, -0.2) is 4.98 Å². The minimum Gasteiger partial charge on any atom is -0.357 e. The molecule has 0 saturated carbocycles. The summed E-state index contributed by atoms with van der Waals surface area (Å²) in [5.74, 6) is 0. The van der Waals surface area contributed by atoms with E-state index in [2.05, 4.69) is 68.9 Å². The van der Waals surface area contributed by atoms with Gasteiger partial charge in [0, 0.05) is 38.0 Å². The lowest BCUT2D eigenvalue weighted by Crippen LogP contribution is -2.27. The maximum atomic E-state index is 3.82. The minimum absolute atomic E-state index is 0.397. The largest absolute Gasteiger partial charge is 0.357 e. The van der Waals surface area contributed by atoms with Crippen molar-refractivity contribution >= 4 is 38.2 Å². The normalized spacial score (nSPS) is 19.3. The fraction of sp³-hybridized carbons (Fsp3) is 0.333. The SMILES string of the molecule is C[C@@H](N[C@@H]1CCCc2c1[nH]c1ccc(Br)cc21)c1cccs1. The molecule has 114 valence electrons. The summed E-state index contributed by atoms with van der Waals surface area (Å²) >= 11 is 5.43. The molecule has 1 aliphatic carbocycles. The van der Waals surface area contributed by atoms with Crippen LogP contribution in [-0.2, 0) is 6.42 Å². The van der Waals surface area contributed by atoms with Crippen molar-refractivity contribution in [3.63, 3.8) is 0 Å². The maximum Gasteiger partial charge on any atom is 0.0481 e. The molecule has 2 N–H and O–H groups in total. The number of halogens is 1. The second-order valence-corrected chi connectivity index (χ2v) is 7.95. The molecule has 0 spiro atoms. The van der Waals surface area contributed by atoms with Gasteiger partial charge < -0.3 is 10.3 Å². The number of aromatic nitrogens is 1. The van der Waals surface area contributed by atoms with E-state index in [1.54, 1.807) is 0 Å². The molecule has 22 heavy (non-hydrogen) atoms. The number of benzene rings is 1. The summed E-state index contributed by atoms with van der Waals surface area (Å²) in [6.45, 7) is 2.26. The zero-order valence-corrected chi connectivity index (χ0v) is 14.9. The molecule has 1 aliphatic rings. The molecular formula is C18H19BrN2S. The van der Waals surface area contributed by atoms with Gasteiger partial charge in [-0.1, -0.05) is 22.0 Å². The highest BCUT2D eigenvalue weighted by molar-refractivity contribution is 9.10. The third-order valence-corrected chi connectivity index (χ3v) is 6.14. The Morgan fingerprint density at radius 2 is 2.27 bits per heavy atom. The molecule has 0 bridgehead atoms. The summed E-state index contributed by atoms with van der Waals surface area (Å²) in [7, 11) is 0. The average Bonchev–Trinajstić information content (AvgIpc) is 3.15. The zero-order chi connectivity index (χ0) is 15.1. The van der Waals surface area contributed by atoms with Gasteiger partial charge in [0.1, 0.15) is 0 Å². The molecule has 0 aliphatic heterocycles. The van der Waals surface area contributed by atoms with Crippen LogP contribution in [0.4, 0.5) is 0 Å². The van der Waals surface area contributed by atoms with E-state index in [0.29, 0.717) is 12.1 Å². The van der Waals surface area contributed by atoms with Crippen LogP contribution in [0.5, 0.6) is 0 Å². The molecule has 0 amide bonds. The van der Waals surface area contributed by atoms with Gasteiger partial charge >= 0.3 is 0 Å². The summed E-state index contributed by atoms with van der Waals surface area (Å²) in [6.07, 6.45) is 3.63. The van der Waals surface area contributed by atoms with E-state index in [1.165, 1.54) is 46.3 Å². The minimum atomic E-state index is 0.397. The Morgan fingerprint density at radius 3 is 3.09 bits per heavy atom. The maximum absolute atomic E-state index is 3.82. The van der Waals surface area contributed by atoms with E-state index >= 15 is 0 Å². The van der Waals surface area contributed by atoms with Gasteiger partial charge in [-0.2, -0.15) is 0 Å². The highest BCUT2D eigenvalue weighted by atomic mass is 79.9. The van der Waals surface area contributed by atoms with Gasteiger partial charge in [0.2, 0.25) is 0 Å². The molecule has 2 atom stereocenters. The number of aromatic amines is 1. The van der Waals surface area contributed by atoms with E-state index in [9.17, 15) is 0 Å². The predicted molar refractivity (Wildman–Crippen MR) is 97.5 cm³/mol. The third kappa shape index (κ3) is 2.53. The molecule has 1 aromatic carbocycles. The molecule has 4 rings (SSSR count). The molecule has 2 nitrogen and oxygen atoms in total. The van der Waals surface area contributed by atoms with Crippen molar-refractivity contribution in [2.45, 2.75) is 38.3 Å². The highest BCUT2D eigenvalue weighted by Crippen LogP contribution is 2.37. The first-order valence-corrected chi connectivity index (χ1v) is 9.49. The van der Waals surface area contributed by atoms with Crippen molar-refractivity contribution in [2.24, 2.45) is 0 Å². The number of thiophene rings is 1. The van der Waals surface area contributed by atoms with Crippen molar-refractivity contribution in [3.8, 4) is 0 Å².